The fraction of sp³-hybridized carbons (Fsp3) is 0.357. The van der Waals surface area contributed by atoms with Crippen LogP contribution in [0.3, 0.4) is 0 Å². The van der Waals surface area contributed by atoms with Gasteiger partial charge in [-0.1, -0.05) is 12.1 Å². The van der Waals surface area contributed by atoms with Gasteiger partial charge in [0.05, 0.1) is 12.3 Å². The monoisotopic (exact) mass is 294 g/mol. The summed E-state index contributed by atoms with van der Waals surface area (Å²) in [6, 6.07) is 8.53. The molecule has 0 spiro atoms. The summed E-state index contributed by atoms with van der Waals surface area (Å²) in [5.41, 5.74) is 2.20. The van der Waals surface area contributed by atoms with Crippen molar-refractivity contribution in [3.8, 4) is 10.6 Å². The number of rotatable bonds is 6. The van der Waals surface area contributed by atoms with Gasteiger partial charge in [0.2, 0.25) is 0 Å². The van der Waals surface area contributed by atoms with Gasteiger partial charge in [0, 0.05) is 29.0 Å². The zero-order valence-electron chi connectivity index (χ0n) is 11.4. The quantitative estimate of drug-likeness (QED) is 0.828. The fourth-order valence-corrected chi connectivity index (χ4v) is 3.28. The van der Waals surface area contributed by atoms with E-state index in [1.54, 1.807) is 30.2 Å². The van der Waals surface area contributed by atoms with E-state index in [1.165, 1.54) is 15.3 Å². The molecule has 1 heterocycles. The third-order valence-corrected chi connectivity index (χ3v) is 4.62. The maximum Gasteiger partial charge on any atom is 0.124 e. The van der Waals surface area contributed by atoms with Gasteiger partial charge in [0.25, 0.3) is 0 Å². The van der Waals surface area contributed by atoms with Crippen LogP contribution in [0.15, 0.2) is 29.2 Å². The number of nitrogens with zero attached hydrogens (tertiary/aromatic N) is 1. The van der Waals surface area contributed by atoms with Crippen molar-refractivity contribution in [2.75, 3.05) is 20.4 Å². The highest BCUT2D eigenvalue weighted by molar-refractivity contribution is 7.98. The Balaban J connectivity index is 2.30. The number of nitrogens with one attached hydrogen (secondary N) is 1. The van der Waals surface area contributed by atoms with E-state index in [-0.39, 0.29) is 0 Å². The van der Waals surface area contributed by atoms with Crippen LogP contribution in [0.25, 0.3) is 10.6 Å². The second kappa shape index (κ2) is 7.05. The maximum absolute atomic E-state index is 5.21. The Kier molecular flexibility index (Phi) is 5.39. The zero-order chi connectivity index (χ0) is 13.7. The van der Waals surface area contributed by atoms with Crippen LogP contribution in [0.2, 0.25) is 0 Å². The smallest absolute Gasteiger partial charge is 0.124 e. The van der Waals surface area contributed by atoms with Crippen molar-refractivity contribution in [1.82, 2.24) is 10.3 Å². The lowest BCUT2D eigenvalue weighted by Crippen LogP contribution is -2.06. The van der Waals surface area contributed by atoms with Crippen LogP contribution in [0.1, 0.15) is 10.6 Å². The van der Waals surface area contributed by atoms with Gasteiger partial charge in [-0.2, -0.15) is 0 Å². The van der Waals surface area contributed by atoms with Gasteiger partial charge >= 0.3 is 0 Å². The van der Waals surface area contributed by atoms with Crippen molar-refractivity contribution >= 4 is 23.1 Å². The predicted octanol–water partition coefficient (Wildman–Crippen LogP) is 3.40. The Morgan fingerprint density at radius 2 is 2.05 bits per heavy atom. The van der Waals surface area contributed by atoms with Crippen molar-refractivity contribution in [3.63, 3.8) is 0 Å². The lowest BCUT2D eigenvalue weighted by molar-refractivity contribution is 0.181. The number of benzene rings is 1. The standard InChI is InChI=1S/C14H18N2OS2/c1-15-8-13-12(9-17-2)16-14(19-13)10-4-6-11(18-3)7-5-10/h4-7,15H,8-9H2,1-3H3. The molecule has 0 unspecified atom stereocenters. The van der Waals surface area contributed by atoms with E-state index in [2.05, 4.69) is 35.8 Å². The zero-order valence-corrected chi connectivity index (χ0v) is 13.0. The van der Waals surface area contributed by atoms with Crippen LogP contribution >= 0.6 is 23.1 Å². The number of hydrogen-bond acceptors (Lipinski definition) is 5. The number of thiazole rings is 1. The molecule has 0 atom stereocenters. The normalized spacial score (nSPS) is 10.9. The average molecular weight is 294 g/mol. The Bertz CT molecular complexity index is 499. The molecule has 0 radical (unpaired) electrons. The SMILES string of the molecule is CNCc1sc(-c2ccc(SC)cc2)nc1COC. The molecule has 2 rings (SSSR count). The molecule has 0 aliphatic carbocycles. The first-order valence-electron chi connectivity index (χ1n) is 6.05. The van der Waals surface area contributed by atoms with Gasteiger partial charge in [0.1, 0.15) is 5.01 Å². The molecule has 1 N–H and O–H groups in total. The average Bonchev–Trinajstić information content (AvgIpc) is 2.83. The van der Waals surface area contributed by atoms with Crippen molar-refractivity contribution in [2.45, 2.75) is 18.0 Å². The summed E-state index contributed by atoms with van der Waals surface area (Å²) in [6.07, 6.45) is 2.08. The highest BCUT2D eigenvalue weighted by Gasteiger charge is 2.11. The van der Waals surface area contributed by atoms with Crippen LogP contribution < -0.4 is 5.32 Å². The van der Waals surface area contributed by atoms with E-state index >= 15 is 0 Å². The largest absolute Gasteiger partial charge is 0.378 e. The van der Waals surface area contributed by atoms with Gasteiger partial charge in [0.15, 0.2) is 0 Å². The fourth-order valence-electron chi connectivity index (χ4n) is 1.79. The molecule has 0 amide bonds. The number of thioether (sulfide) groups is 1. The van der Waals surface area contributed by atoms with E-state index in [4.69, 9.17) is 9.72 Å². The maximum atomic E-state index is 5.21. The first kappa shape index (κ1) is 14.5. The van der Waals surface area contributed by atoms with Crippen LogP contribution in [0.4, 0.5) is 0 Å². The molecule has 102 valence electrons. The minimum atomic E-state index is 0.566. The summed E-state index contributed by atoms with van der Waals surface area (Å²) in [7, 11) is 3.65. The lowest BCUT2D eigenvalue weighted by atomic mass is 10.2. The van der Waals surface area contributed by atoms with Crippen LogP contribution in [0, 0.1) is 0 Å². The molecule has 3 nitrogen and oxygen atoms in total. The number of aromatic nitrogens is 1. The summed E-state index contributed by atoms with van der Waals surface area (Å²) >= 11 is 3.48. The van der Waals surface area contributed by atoms with Crippen molar-refractivity contribution in [1.29, 1.82) is 0 Å². The first-order valence-corrected chi connectivity index (χ1v) is 8.09. The Morgan fingerprint density at radius 3 is 2.63 bits per heavy atom. The van der Waals surface area contributed by atoms with Crippen LogP contribution in [0.5, 0.6) is 0 Å². The summed E-state index contributed by atoms with van der Waals surface area (Å²) in [6.45, 7) is 1.40. The van der Waals surface area contributed by atoms with Crippen LogP contribution in [-0.4, -0.2) is 25.4 Å². The summed E-state index contributed by atoms with van der Waals surface area (Å²) in [4.78, 5) is 7.21. The molecule has 1 aromatic heterocycles. The molecule has 19 heavy (non-hydrogen) atoms. The second-order valence-corrected chi connectivity index (χ2v) is 6.04. The van der Waals surface area contributed by atoms with E-state index < -0.39 is 0 Å². The van der Waals surface area contributed by atoms with Gasteiger partial charge < -0.3 is 10.1 Å². The molecule has 1 aromatic carbocycles. The first-order chi connectivity index (χ1) is 9.28. The van der Waals surface area contributed by atoms with E-state index in [1.807, 2.05) is 7.05 Å². The molecule has 0 saturated carbocycles. The molecule has 0 saturated heterocycles. The number of methoxy groups -OCH3 is 1. The molecular weight excluding hydrogens is 276 g/mol. The summed E-state index contributed by atoms with van der Waals surface area (Å²) < 4.78 is 5.21. The van der Waals surface area contributed by atoms with Gasteiger partial charge in [-0.3, -0.25) is 0 Å². The van der Waals surface area contributed by atoms with E-state index in [0.717, 1.165) is 17.2 Å². The molecule has 0 fully saturated rings. The molecule has 0 bridgehead atoms. The summed E-state index contributed by atoms with van der Waals surface area (Å²) in [5.74, 6) is 0. The lowest BCUT2D eigenvalue weighted by Gasteiger charge is -1.98. The highest BCUT2D eigenvalue weighted by Crippen LogP contribution is 2.29. The third kappa shape index (κ3) is 3.57. The van der Waals surface area contributed by atoms with Gasteiger partial charge in [-0.15, -0.1) is 23.1 Å². The molecule has 2 aromatic rings. The minimum absolute atomic E-state index is 0.566. The Labute approximate surface area is 122 Å². The second-order valence-electron chi connectivity index (χ2n) is 4.08. The highest BCUT2D eigenvalue weighted by atomic mass is 32.2. The number of hydrogen-bond donors (Lipinski definition) is 1. The van der Waals surface area contributed by atoms with Gasteiger partial charge in [-0.05, 0) is 25.4 Å². The van der Waals surface area contributed by atoms with Crippen molar-refractivity contribution in [3.05, 3.63) is 34.8 Å². The van der Waals surface area contributed by atoms with Crippen LogP contribution in [-0.2, 0) is 17.9 Å². The molecule has 0 aliphatic rings. The number of ether oxygens (including phenoxy) is 1. The Hall–Kier alpha value is -0.880. The topological polar surface area (TPSA) is 34.2 Å². The minimum Gasteiger partial charge on any atom is -0.378 e. The molecule has 5 heteroatoms. The third-order valence-electron chi connectivity index (χ3n) is 2.73. The molecular formula is C14H18N2OS2. The van der Waals surface area contributed by atoms with Crippen molar-refractivity contribution < 1.29 is 4.74 Å². The van der Waals surface area contributed by atoms with E-state index in [0.29, 0.717) is 6.61 Å². The van der Waals surface area contributed by atoms with E-state index in [9.17, 15) is 0 Å². The van der Waals surface area contributed by atoms with Gasteiger partial charge in [-0.25, -0.2) is 4.98 Å². The predicted molar refractivity (Wildman–Crippen MR) is 82.8 cm³/mol. The summed E-state index contributed by atoms with van der Waals surface area (Å²) in [5, 5.41) is 4.24. The molecule has 0 aliphatic heterocycles. The Morgan fingerprint density at radius 1 is 1.32 bits per heavy atom. The van der Waals surface area contributed by atoms with Crippen molar-refractivity contribution in [2.24, 2.45) is 0 Å².